The van der Waals surface area contributed by atoms with Gasteiger partial charge in [-0.25, -0.2) is 0 Å². The lowest BCUT2D eigenvalue weighted by molar-refractivity contribution is -0.121. The summed E-state index contributed by atoms with van der Waals surface area (Å²) in [4.78, 5) is 16.2. The number of benzene rings is 2. The van der Waals surface area contributed by atoms with Crippen LogP contribution in [0.2, 0.25) is 0 Å². The van der Waals surface area contributed by atoms with Gasteiger partial charge in [-0.2, -0.15) is 0 Å². The minimum atomic E-state index is 0.0436. The fraction of sp³-hybridized carbons (Fsp3) is 0.455. The van der Waals surface area contributed by atoms with Crippen LogP contribution in [0.3, 0.4) is 0 Å². The molecule has 0 aliphatic carbocycles. The molecular formula is C22H32N4O2. The van der Waals surface area contributed by atoms with Crippen molar-refractivity contribution < 1.29 is 9.53 Å². The van der Waals surface area contributed by atoms with Crippen molar-refractivity contribution in [1.29, 1.82) is 0 Å². The number of nitrogens with zero attached hydrogens (tertiary/aromatic N) is 1. The summed E-state index contributed by atoms with van der Waals surface area (Å²) in [6.07, 6.45) is 1.24. The molecule has 0 radical (unpaired) electrons. The molecule has 2 rings (SSSR count). The van der Waals surface area contributed by atoms with Crippen molar-refractivity contribution in [3.05, 3.63) is 42.5 Å². The Balaban J connectivity index is 1.71. The molecule has 0 fully saturated rings. The SMILES string of the molecule is CCNC(=NCCCOc1ccc2ccccc2c1)NCCC(=O)NC(C)C. The van der Waals surface area contributed by atoms with Gasteiger partial charge in [0.2, 0.25) is 5.91 Å². The molecule has 28 heavy (non-hydrogen) atoms. The number of aliphatic imine (C=N–C) groups is 1. The Morgan fingerprint density at radius 3 is 2.64 bits per heavy atom. The molecule has 1 amide bonds. The number of nitrogens with one attached hydrogen (secondary N) is 3. The third-order valence-electron chi connectivity index (χ3n) is 4.00. The Morgan fingerprint density at radius 2 is 1.89 bits per heavy atom. The number of hydrogen-bond acceptors (Lipinski definition) is 3. The maximum atomic E-state index is 11.7. The van der Waals surface area contributed by atoms with Crippen LogP contribution in [-0.4, -0.2) is 44.1 Å². The largest absolute Gasteiger partial charge is 0.494 e. The summed E-state index contributed by atoms with van der Waals surface area (Å²) in [6.45, 7) is 8.52. The van der Waals surface area contributed by atoms with Crippen LogP contribution in [0, 0.1) is 0 Å². The Hall–Kier alpha value is -2.76. The second-order valence-corrected chi connectivity index (χ2v) is 6.87. The predicted octanol–water partition coefficient (Wildman–Crippen LogP) is 3.08. The van der Waals surface area contributed by atoms with Crippen molar-refractivity contribution in [2.24, 2.45) is 4.99 Å². The molecule has 3 N–H and O–H groups in total. The summed E-state index contributed by atoms with van der Waals surface area (Å²) in [6, 6.07) is 14.5. The molecule has 0 aromatic heterocycles. The normalized spacial score (nSPS) is 11.5. The molecule has 0 unspecified atom stereocenters. The van der Waals surface area contributed by atoms with Crippen molar-refractivity contribution in [3.8, 4) is 5.75 Å². The van der Waals surface area contributed by atoms with E-state index < -0.39 is 0 Å². The maximum Gasteiger partial charge on any atom is 0.221 e. The topological polar surface area (TPSA) is 74.8 Å². The van der Waals surface area contributed by atoms with Gasteiger partial charge in [-0.3, -0.25) is 9.79 Å². The van der Waals surface area contributed by atoms with Crippen LogP contribution in [0.4, 0.5) is 0 Å². The Bertz CT molecular complexity index is 774. The standard InChI is InChI=1S/C22H32N4O2/c1-4-23-22(25-14-12-21(27)26-17(2)3)24-13-7-15-28-20-11-10-18-8-5-6-9-19(18)16-20/h5-6,8-11,16-17H,4,7,12-15H2,1-3H3,(H,26,27)(H2,23,24,25). The van der Waals surface area contributed by atoms with Gasteiger partial charge in [0, 0.05) is 38.5 Å². The van der Waals surface area contributed by atoms with Crippen molar-refractivity contribution in [2.75, 3.05) is 26.2 Å². The monoisotopic (exact) mass is 384 g/mol. The van der Waals surface area contributed by atoms with E-state index >= 15 is 0 Å². The van der Waals surface area contributed by atoms with E-state index in [0.717, 1.165) is 24.7 Å². The van der Waals surface area contributed by atoms with Gasteiger partial charge in [0.05, 0.1) is 6.61 Å². The third-order valence-corrected chi connectivity index (χ3v) is 4.00. The lowest BCUT2D eigenvalue weighted by Crippen LogP contribution is -2.40. The van der Waals surface area contributed by atoms with E-state index in [9.17, 15) is 4.79 Å². The fourth-order valence-electron chi connectivity index (χ4n) is 2.73. The molecule has 0 heterocycles. The number of fused-ring (bicyclic) bond motifs is 1. The quantitative estimate of drug-likeness (QED) is 0.334. The Kier molecular flexibility index (Phi) is 9.11. The van der Waals surface area contributed by atoms with Crippen molar-refractivity contribution >= 4 is 22.6 Å². The summed E-state index contributed by atoms with van der Waals surface area (Å²) in [5, 5.41) is 11.7. The molecule has 0 atom stereocenters. The number of hydrogen-bond donors (Lipinski definition) is 3. The van der Waals surface area contributed by atoms with Crippen LogP contribution >= 0.6 is 0 Å². The molecule has 0 aliphatic heterocycles. The van der Waals surface area contributed by atoms with Gasteiger partial charge in [0.25, 0.3) is 0 Å². The lowest BCUT2D eigenvalue weighted by Gasteiger charge is -2.12. The Labute approximate surface area is 167 Å². The number of rotatable bonds is 10. The van der Waals surface area contributed by atoms with E-state index in [2.05, 4.69) is 45.2 Å². The highest BCUT2D eigenvalue weighted by Crippen LogP contribution is 2.20. The van der Waals surface area contributed by atoms with E-state index in [1.165, 1.54) is 10.8 Å². The first-order chi connectivity index (χ1) is 13.6. The van der Waals surface area contributed by atoms with Crippen LogP contribution in [0.25, 0.3) is 10.8 Å². The molecule has 0 aliphatic rings. The molecule has 152 valence electrons. The van der Waals surface area contributed by atoms with Crippen LogP contribution in [-0.2, 0) is 4.79 Å². The molecule has 2 aromatic carbocycles. The number of carbonyl (C=O) groups excluding carboxylic acids is 1. The van der Waals surface area contributed by atoms with E-state index in [1.54, 1.807) is 0 Å². The minimum Gasteiger partial charge on any atom is -0.494 e. The van der Waals surface area contributed by atoms with Crippen molar-refractivity contribution in [1.82, 2.24) is 16.0 Å². The van der Waals surface area contributed by atoms with E-state index in [1.807, 2.05) is 39.0 Å². The maximum absolute atomic E-state index is 11.7. The fourth-order valence-corrected chi connectivity index (χ4v) is 2.73. The number of carbonyl (C=O) groups is 1. The molecule has 0 bridgehead atoms. The van der Waals surface area contributed by atoms with Gasteiger partial charge >= 0.3 is 0 Å². The number of guanidine groups is 1. The molecule has 0 saturated heterocycles. The van der Waals surface area contributed by atoms with Gasteiger partial charge in [0.15, 0.2) is 5.96 Å². The summed E-state index contributed by atoms with van der Waals surface area (Å²) < 4.78 is 5.84. The molecular weight excluding hydrogens is 352 g/mol. The smallest absolute Gasteiger partial charge is 0.221 e. The van der Waals surface area contributed by atoms with Gasteiger partial charge in [0.1, 0.15) is 5.75 Å². The zero-order valence-electron chi connectivity index (χ0n) is 17.1. The highest BCUT2D eigenvalue weighted by Gasteiger charge is 2.04. The predicted molar refractivity (Wildman–Crippen MR) is 116 cm³/mol. The minimum absolute atomic E-state index is 0.0436. The summed E-state index contributed by atoms with van der Waals surface area (Å²) >= 11 is 0. The first-order valence-electron chi connectivity index (χ1n) is 10.0. The molecule has 6 nitrogen and oxygen atoms in total. The molecule has 2 aromatic rings. The third kappa shape index (κ3) is 7.86. The second kappa shape index (κ2) is 11.8. The summed E-state index contributed by atoms with van der Waals surface area (Å²) in [5.74, 6) is 1.65. The zero-order chi connectivity index (χ0) is 20.2. The summed E-state index contributed by atoms with van der Waals surface area (Å²) in [5.41, 5.74) is 0. The number of ether oxygens (including phenoxy) is 1. The van der Waals surface area contributed by atoms with Gasteiger partial charge in [-0.15, -0.1) is 0 Å². The molecule has 6 heteroatoms. The van der Waals surface area contributed by atoms with E-state index in [-0.39, 0.29) is 11.9 Å². The van der Waals surface area contributed by atoms with Crippen LogP contribution in [0.15, 0.2) is 47.5 Å². The van der Waals surface area contributed by atoms with Crippen LogP contribution in [0.1, 0.15) is 33.6 Å². The van der Waals surface area contributed by atoms with Crippen LogP contribution < -0.4 is 20.7 Å². The van der Waals surface area contributed by atoms with E-state index in [4.69, 9.17) is 4.74 Å². The summed E-state index contributed by atoms with van der Waals surface area (Å²) in [7, 11) is 0. The highest BCUT2D eigenvalue weighted by atomic mass is 16.5. The molecule has 0 saturated carbocycles. The van der Waals surface area contributed by atoms with Gasteiger partial charge in [-0.1, -0.05) is 30.3 Å². The van der Waals surface area contributed by atoms with Crippen molar-refractivity contribution in [2.45, 2.75) is 39.7 Å². The van der Waals surface area contributed by atoms with Gasteiger partial charge in [-0.05, 0) is 43.7 Å². The zero-order valence-corrected chi connectivity index (χ0v) is 17.1. The highest BCUT2D eigenvalue weighted by molar-refractivity contribution is 5.83. The average Bonchev–Trinajstić information content (AvgIpc) is 2.67. The Morgan fingerprint density at radius 1 is 1.11 bits per heavy atom. The van der Waals surface area contributed by atoms with Crippen molar-refractivity contribution in [3.63, 3.8) is 0 Å². The first kappa shape index (κ1) is 21.5. The van der Waals surface area contributed by atoms with Crippen LogP contribution in [0.5, 0.6) is 5.75 Å². The first-order valence-corrected chi connectivity index (χ1v) is 10.0. The lowest BCUT2D eigenvalue weighted by atomic mass is 10.1. The second-order valence-electron chi connectivity index (χ2n) is 6.87. The number of amides is 1. The molecule has 0 spiro atoms. The van der Waals surface area contributed by atoms with Gasteiger partial charge < -0.3 is 20.7 Å². The van der Waals surface area contributed by atoms with E-state index in [0.29, 0.717) is 26.1 Å². The average molecular weight is 385 g/mol.